The third kappa shape index (κ3) is 8.23. The van der Waals surface area contributed by atoms with Crippen LogP contribution >= 0.6 is 11.6 Å². The van der Waals surface area contributed by atoms with Gasteiger partial charge in [0.25, 0.3) is 5.15 Å². The van der Waals surface area contributed by atoms with Crippen molar-refractivity contribution in [3.8, 4) is 0 Å². The molecule has 0 unspecified atom stereocenters. The van der Waals surface area contributed by atoms with E-state index in [9.17, 15) is 12.9 Å². The van der Waals surface area contributed by atoms with Gasteiger partial charge in [0.05, 0.1) is 0 Å². The maximum absolute atomic E-state index is 9.67. The van der Waals surface area contributed by atoms with Crippen molar-refractivity contribution in [3.05, 3.63) is 29.0 Å². The number of rotatable bonds is 1. The fraction of sp³-hybridized carbons (Fsp3) is 0.375. The van der Waals surface area contributed by atoms with Gasteiger partial charge in [0.2, 0.25) is 0 Å². The van der Waals surface area contributed by atoms with Crippen LogP contribution in [-0.4, -0.2) is 7.54 Å². The molecule has 0 aliphatic heterocycles. The fourth-order valence-corrected chi connectivity index (χ4v) is 1.12. The van der Waals surface area contributed by atoms with Crippen LogP contribution in [0.5, 0.6) is 0 Å². The second-order valence-electron chi connectivity index (χ2n) is 2.56. The zero-order valence-corrected chi connectivity index (χ0v) is 9.11. The van der Waals surface area contributed by atoms with Crippen LogP contribution < -0.4 is 9.27 Å². The topological polar surface area (TPSA) is 3.88 Å². The molecule has 0 saturated heterocycles. The van der Waals surface area contributed by atoms with Gasteiger partial charge in [0.15, 0.2) is 6.20 Å². The third-order valence-corrected chi connectivity index (χ3v) is 1.80. The van der Waals surface area contributed by atoms with Gasteiger partial charge in [-0.3, -0.25) is 12.9 Å². The lowest BCUT2D eigenvalue weighted by molar-refractivity contribution is -0.691. The van der Waals surface area contributed by atoms with Crippen molar-refractivity contribution in [2.75, 3.05) is 0 Å². The first-order valence-corrected chi connectivity index (χ1v) is 4.43. The Morgan fingerprint density at radius 2 is 1.80 bits per heavy atom. The van der Waals surface area contributed by atoms with E-state index in [1.54, 1.807) is 0 Å². The molecule has 0 amide bonds. The van der Waals surface area contributed by atoms with Crippen molar-refractivity contribution in [1.29, 1.82) is 0 Å². The van der Waals surface area contributed by atoms with E-state index in [1.165, 1.54) is 5.56 Å². The normalized spacial score (nSPS) is 8.40. The van der Waals surface area contributed by atoms with Gasteiger partial charge in [-0.2, -0.15) is 4.57 Å². The molecule has 0 bridgehead atoms. The molecule has 0 aliphatic rings. The van der Waals surface area contributed by atoms with Gasteiger partial charge in [-0.15, -0.1) is 0 Å². The summed E-state index contributed by atoms with van der Waals surface area (Å²) in [5.41, 5.74) is 1.24. The number of hydrogen-bond donors (Lipinski definition) is 0. The fourth-order valence-electron chi connectivity index (χ4n) is 0.889. The Labute approximate surface area is 91.5 Å². The quantitative estimate of drug-likeness (QED) is 0.279. The summed E-state index contributed by atoms with van der Waals surface area (Å²) in [6, 6.07) is 3.93. The largest absolute Gasteiger partial charge is 1.00 e. The van der Waals surface area contributed by atoms with E-state index in [4.69, 9.17) is 11.6 Å². The maximum atomic E-state index is 9.67. The summed E-state index contributed by atoms with van der Waals surface area (Å²) < 4.78 is 31.0. The molecule has 86 valence electrons. The van der Waals surface area contributed by atoms with Crippen LogP contribution in [0.25, 0.3) is 0 Å². The SMILES string of the molecule is CC[n+]1cc(C)ccc1Cl.FB(F)F.[F-]. The molecule has 1 nitrogen and oxygen atoms in total. The van der Waals surface area contributed by atoms with E-state index >= 15 is 0 Å². The average Bonchev–Trinajstić information content (AvgIpc) is 2.08. The predicted molar refractivity (Wildman–Crippen MR) is 51.1 cm³/mol. The Kier molecular flexibility index (Phi) is 9.46. The van der Waals surface area contributed by atoms with Crippen molar-refractivity contribution < 1.29 is 22.2 Å². The first-order valence-electron chi connectivity index (χ1n) is 4.05. The summed E-state index contributed by atoms with van der Waals surface area (Å²) in [5.74, 6) is 0. The van der Waals surface area contributed by atoms with Gasteiger partial charge in [0, 0.05) is 11.6 Å². The van der Waals surface area contributed by atoms with Crippen molar-refractivity contribution in [2.45, 2.75) is 20.4 Å². The highest BCUT2D eigenvalue weighted by Crippen LogP contribution is 2.01. The molecule has 15 heavy (non-hydrogen) atoms. The standard InChI is InChI=1S/C8H11ClN.BF3.FH/c1-3-10-6-7(2)4-5-8(10)9;2-1(3)4;/h4-6H,3H2,1-2H3;;1H/q+1;;/p-1. The molecule has 0 aromatic carbocycles. The Bertz CT molecular complexity index is 283. The van der Waals surface area contributed by atoms with Crippen LogP contribution in [0, 0.1) is 6.92 Å². The van der Waals surface area contributed by atoms with Crippen LogP contribution in [0.15, 0.2) is 18.3 Å². The molecule has 0 saturated carbocycles. The second-order valence-corrected chi connectivity index (χ2v) is 2.95. The first-order chi connectivity index (χ1) is 6.47. The molecule has 0 N–H and O–H groups in total. The molecule has 1 heterocycles. The summed E-state index contributed by atoms with van der Waals surface area (Å²) in [4.78, 5) is 0. The van der Waals surface area contributed by atoms with Crippen LogP contribution in [0.2, 0.25) is 5.15 Å². The average molecular weight is 243 g/mol. The highest BCUT2D eigenvalue weighted by molar-refractivity contribution is 6.33. The predicted octanol–water partition coefficient (Wildman–Crippen LogP) is -0.160. The maximum Gasteiger partial charge on any atom is 0.762 e. The summed E-state index contributed by atoms with van der Waals surface area (Å²) >= 11 is 5.86. The summed E-state index contributed by atoms with van der Waals surface area (Å²) in [5, 5.41) is 0.799. The van der Waals surface area contributed by atoms with E-state index in [-0.39, 0.29) is 4.70 Å². The molecule has 1 rings (SSSR count). The lowest BCUT2D eigenvalue weighted by Crippen LogP contribution is -3.00. The number of hydrogen-bond acceptors (Lipinski definition) is 0. The molecule has 0 fully saturated rings. The molecule has 0 aliphatic carbocycles. The highest BCUT2D eigenvalue weighted by Gasteiger charge is 2.06. The third-order valence-electron chi connectivity index (χ3n) is 1.46. The molecule has 7 heteroatoms. The second kappa shape index (κ2) is 8.53. The molecular formula is C8H11BClF4N. The van der Waals surface area contributed by atoms with Crippen molar-refractivity contribution in [3.63, 3.8) is 0 Å². The minimum absolute atomic E-state index is 0. The number of pyridine rings is 1. The number of aryl methyl sites for hydroxylation is 2. The monoisotopic (exact) mass is 243 g/mol. The number of aromatic nitrogens is 1. The smallest absolute Gasteiger partial charge is 0.762 e. The Balaban J connectivity index is 0. The highest BCUT2D eigenvalue weighted by atomic mass is 35.5. The van der Waals surface area contributed by atoms with E-state index in [2.05, 4.69) is 13.8 Å². The number of nitrogens with zero attached hydrogens (tertiary/aromatic N) is 1. The van der Waals surface area contributed by atoms with Crippen LogP contribution in [0.3, 0.4) is 0 Å². The zero-order valence-electron chi connectivity index (χ0n) is 8.35. The summed E-state index contributed by atoms with van der Waals surface area (Å²) in [6.07, 6.45) is 2.04. The van der Waals surface area contributed by atoms with Crippen LogP contribution in [0.1, 0.15) is 12.5 Å². The lowest BCUT2D eigenvalue weighted by atomic mass is 10.3. The zero-order chi connectivity index (χ0) is 11.1. The molecule has 1 aromatic heterocycles. The Morgan fingerprint density at radius 1 is 1.33 bits per heavy atom. The summed E-state index contributed by atoms with van der Waals surface area (Å²) in [6.45, 7) is 5.06. The van der Waals surface area contributed by atoms with E-state index in [1.807, 2.05) is 22.9 Å². The molecule has 0 spiro atoms. The van der Waals surface area contributed by atoms with Crippen LogP contribution in [-0.2, 0) is 6.54 Å². The molecule has 0 radical (unpaired) electrons. The van der Waals surface area contributed by atoms with E-state index in [0.717, 1.165) is 11.7 Å². The first kappa shape index (κ1) is 16.6. The van der Waals surface area contributed by atoms with Gasteiger partial charge < -0.3 is 4.70 Å². The lowest BCUT2D eigenvalue weighted by Gasteiger charge is -1.94. The van der Waals surface area contributed by atoms with E-state index in [0.29, 0.717) is 0 Å². The number of halogens is 5. The summed E-state index contributed by atoms with van der Waals surface area (Å²) in [7, 11) is -3.67. The molecular weight excluding hydrogens is 232 g/mol. The van der Waals surface area contributed by atoms with Crippen molar-refractivity contribution in [1.82, 2.24) is 0 Å². The van der Waals surface area contributed by atoms with Gasteiger partial charge in [0.1, 0.15) is 6.54 Å². The minimum atomic E-state index is -3.67. The molecule has 0 atom stereocenters. The minimum Gasteiger partial charge on any atom is -1.00 e. The Morgan fingerprint density at radius 3 is 2.13 bits per heavy atom. The van der Waals surface area contributed by atoms with Gasteiger partial charge >= 0.3 is 7.54 Å². The Hall–Kier alpha value is -0.775. The van der Waals surface area contributed by atoms with Crippen molar-refractivity contribution in [2.24, 2.45) is 0 Å². The van der Waals surface area contributed by atoms with Gasteiger partial charge in [-0.1, -0.05) is 0 Å². The van der Waals surface area contributed by atoms with Crippen LogP contribution in [0.4, 0.5) is 12.9 Å². The van der Waals surface area contributed by atoms with E-state index < -0.39 is 7.54 Å². The molecule has 1 aromatic rings. The van der Waals surface area contributed by atoms with Gasteiger partial charge in [-0.25, -0.2) is 0 Å². The van der Waals surface area contributed by atoms with Crippen molar-refractivity contribution >= 4 is 19.1 Å². The van der Waals surface area contributed by atoms with Gasteiger partial charge in [-0.05, 0) is 31.5 Å².